The van der Waals surface area contributed by atoms with Gasteiger partial charge in [0.2, 0.25) is 11.1 Å². The van der Waals surface area contributed by atoms with E-state index in [1.807, 2.05) is 0 Å². The molecule has 0 aliphatic heterocycles. The predicted molar refractivity (Wildman–Crippen MR) is 55.5 cm³/mol. The van der Waals surface area contributed by atoms with E-state index in [4.69, 9.17) is 9.29 Å². The summed E-state index contributed by atoms with van der Waals surface area (Å²) < 4.78 is 24.4. The molecule has 0 saturated carbocycles. The van der Waals surface area contributed by atoms with Crippen LogP contribution in [0.2, 0.25) is 0 Å². The molecule has 1 N–H and O–H groups in total. The first-order valence-electron chi connectivity index (χ1n) is 3.87. The molecular weight excluding hydrogens is 242 g/mol. The summed E-state index contributed by atoms with van der Waals surface area (Å²) in [5.74, 6) is 0. The van der Waals surface area contributed by atoms with E-state index in [1.165, 1.54) is 13.2 Å². The molecule has 2 unspecified atom stereocenters. The second-order valence-electron chi connectivity index (χ2n) is 2.65. The van der Waals surface area contributed by atoms with Crippen molar-refractivity contribution in [2.75, 3.05) is 7.11 Å². The zero-order valence-corrected chi connectivity index (χ0v) is 9.42. The van der Waals surface area contributed by atoms with Crippen LogP contribution in [-0.2, 0) is 22.4 Å². The molecule has 8 heteroatoms. The van der Waals surface area contributed by atoms with Gasteiger partial charge in [0.05, 0.1) is 11.5 Å². The largest absolute Gasteiger partial charge is 0.379 e. The number of nitro groups is 1. The summed E-state index contributed by atoms with van der Waals surface area (Å²) in [4.78, 5) is 10.8. The summed E-state index contributed by atoms with van der Waals surface area (Å²) in [5, 5.41) is 8.97. The summed E-state index contributed by atoms with van der Waals surface area (Å²) in [6.07, 6.45) is 0. The molecule has 0 aliphatic rings. The Bertz CT molecular complexity index is 363. The van der Waals surface area contributed by atoms with E-state index in [-0.39, 0.29) is 4.88 Å². The highest BCUT2D eigenvalue weighted by Gasteiger charge is 2.30. The van der Waals surface area contributed by atoms with Gasteiger partial charge in [-0.05, 0) is 12.1 Å². The molecule has 84 valence electrons. The van der Waals surface area contributed by atoms with Gasteiger partial charge in [-0.25, -0.2) is 4.21 Å². The fourth-order valence-electron chi connectivity index (χ4n) is 1.02. The molecular formula is C7H9NO5S2. The molecule has 0 aromatic carbocycles. The molecule has 0 radical (unpaired) electrons. The Morgan fingerprint density at radius 1 is 1.73 bits per heavy atom. The van der Waals surface area contributed by atoms with Gasteiger partial charge in [0.25, 0.3) is 0 Å². The number of ether oxygens (including phenoxy) is 1. The lowest BCUT2D eigenvalue weighted by Crippen LogP contribution is -2.14. The van der Waals surface area contributed by atoms with Crippen LogP contribution in [0.3, 0.4) is 0 Å². The molecule has 0 amide bonds. The standard InChI is InChI=1S/C7H9NO5S2/c1-13-4-5-2-3-6(14-5)7(8(9)10)15(11)12/h2-3,7H,4H2,1H3,(H,11,12). The van der Waals surface area contributed by atoms with Crippen LogP contribution in [0.1, 0.15) is 15.1 Å². The van der Waals surface area contributed by atoms with Crippen LogP contribution in [0.15, 0.2) is 12.1 Å². The molecule has 0 spiro atoms. The lowest BCUT2D eigenvalue weighted by atomic mass is 10.4. The van der Waals surface area contributed by atoms with Gasteiger partial charge in [-0.3, -0.25) is 10.1 Å². The highest BCUT2D eigenvalue weighted by atomic mass is 32.2. The molecule has 1 heterocycles. The third kappa shape index (κ3) is 3.06. The van der Waals surface area contributed by atoms with Gasteiger partial charge in [-0.2, -0.15) is 0 Å². The van der Waals surface area contributed by atoms with E-state index in [0.29, 0.717) is 6.61 Å². The lowest BCUT2D eigenvalue weighted by Gasteiger charge is -2.01. The van der Waals surface area contributed by atoms with Crippen molar-refractivity contribution in [3.8, 4) is 0 Å². The highest BCUT2D eigenvalue weighted by molar-refractivity contribution is 7.79. The summed E-state index contributed by atoms with van der Waals surface area (Å²) in [7, 11) is 1.51. The first-order valence-corrected chi connectivity index (χ1v) is 5.85. The van der Waals surface area contributed by atoms with Crippen LogP contribution in [0.4, 0.5) is 0 Å². The first kappa shape index (κ1) is 12.2. The average molecular weight is 251 g/mol. The molecule has 15 heavy (non-hydrogen) atoms. The zero-order valence-electron chi connectivity index (χ0n) is 7.78. The van der Waals surface area contributed by atoms with Crippen molar-refractivity contribution in [2.45, 2.75) is 12.0 Å². The van der Waals surface area contributed by atoms with Crippen molar-refractivity contribution in [3.05, 3.63) is 32.0 Å². The Hall–Kier alpha value is -0.830. The summed E-state index contributed by atoms with van der Waals surface area (Å²) in [6.45, 7) is 0.340. The van der Waals surface area contributed by atoms with Crippen molar-refractivity contribution in [2.24, 2.45) is 0 Å². The van der Waals surface area contributed by atoms with Crippen LogP contribution < -0.4 is 0 Å². The summed E-state index contributed by atoms with van der Waals surface area (Å²) >= 11 is -1.40. The second kappa shape index (κ2) is 5.31. The lowest BCUT2D eigenvalue weighted by molar-refractivity contribution is -0.502. The number of thiophene rings is 1. The number of methoxy groups -OCH3 is 1. The van der Waals surface area contributed by atoms with Gasteiger partial charge in [-0.1, -0.05) is 0 Å². The smallest absolute Gasteiger partial charge is 0.344 e. The van der Waals surface area contributed by atoms with Crippen molar-refractivity contribution >= 4 is 22.4 Å². The third-order valence-electron chi connectivity index (χ3n) is 1.59. The molecule has 1 rings (SSSR count). The predicted octanol–water partition coefficient (Wildman–Crippen LogP) is 1.39. The van der Waals surface area contributed by atoms with Crippen LogP contribution in [0, 0.1) is 10.1 Å². The van der Waals surface area contributed by atoms with Crippen molar-refractivity contribution in [1.82, 2.24) is 0 Å². The normalized spacial score (nSPS) is 14.8. The quantitative estimate of drug-likeness (QED) is 0.485. The molecule has 6 nitrogen and oxygen atoms in total. The Labute approximate surface area is 92.3 Å². The van der Waals surface area contributed by atoms with E-state index in [0.717, 1.165) is 16.2 Å². The van der Waals surface area contributed by atoms with Crippen LogP contribution in [0.5, 0.6) is 0 Å². The number of nitrogens with zero attached hydrogens (tertiary/aromatic N) is 1. The first-order chi connectivity index (χ1) is 7.06. The minimum atomic E-state index is -2.50. The third-order valence-corrected chi connectivity index (χ3v) is 3.66. The zero-order chi connectivity index (χ0) is 11.4. The number of rotatable bonds is 5. The Morgan fingerprint density at radius 3 is 2.87 bits per heavy atom. The topological polar surface area (TPSA) is 89.7 Å². The van der Waals surface area contributed by atoms with Gasteiger partial charge in [-0.15, -0.1) is 11.3 Å². The van der Waals surface area contributed by atoms with Gasteiger partial charge in [0.15, 0.2) is 0 Å². The van der Waals surface area contributed by atoms with E-state index in [9.17, 15) is 14.3 Å². The Morgan fingerprint density at radius 2 is 2.40 bits per heavy atom. The van der Waals surface area contributed by atoms with Crippen LogP contribution in [0.25, 0.3) is 0 Å². The molecule has 2 atom stereocenters. The summed E-state index contributed by atoms with van der Waals surface area (Å²) in [5.41, 5.74) is 0. The minimum Gasteiger partial charge on any atom is -0.379 e. The number of hydrogen-bond acceptors (Lipinski definition) is 5. The second-order valence-corrected chi connectivity index (χ2v) is 4.85. The van der Waals surface area contributed by atoms with E-state index >= 15 is 0 Å². The van der Waals surface area contributed by atoms with Crippen LogP contribution in [-0.4, -0.2) is 20.8 Å². The Kier molecular flexibility index (Phi) is 4.33. The van der Waals surface area contributed by atoms with Gasteiger partial charge < -0.3 is 9.29 Å². The fraction of sp³-hybridized carbons (Fsp3) is 0.429. The molecule has 1 aromatic rings. The monoisotopic (exact) mass is 251 g/mol. The Balaban J connectivity index is 2.92. The van der Waals surface area contributed by atoms with E-state index < -0.39 is 21.4 Å². The fourth-order valence-corrected chi connectivity index (χ4v) is 2.78. The van der Waals surface area contributed by atoms with Crippen LogP contribution >= 0.6 is 11.3 Å². The van der Waals surface area contributed by atoms with Gasteiger partial charge >= 0.3 is 5.37 Å². The van der Waals surface area contributed by atoms with Gasteiger partial charge in [0.1, 0.15) is 0 Å². The maximum Gasteiger partial charge on any atom is 0.344 e. The molecule has 0 saturated heterocycles. The molecule has 0 fully saturated rings. The molecule has 0 aliphatic carbocycles. The highest BCUT2D eigenvalue weighted by Crippen LogP contribution is 2.27. The molecule has 0 bridgehead atoms. The summed E-state index contributed by atoms with van der Waals surface area (Å²) in [6, 6.07) is 3.12. The number of hydrogen-bond donors (Lipinski definition) is 1. The van der Waals surface area contributed by atoms with Gasteiger partial charge in [0, 0.05) is 16.9 Å². The van der Waals surface area contributed by atoms with E-state index in [2.05, 4.69) is 0 Å². The maximum absolute atomic E-state index is 10.8. The molecule has 1 aromatic heterocycles. The van der Waals surface area contributed by atoms with E-state index in [1.54, 1.807) is 6.07 Å². The van der Waals surface area contributed by atoms with Crippen molar-refractivity contribution in [1.29, 1.82) is 0 Å². The van der Waals surface area contributed by atoms with Crippen molar-refractivity contribution < 1.29 is 18.4 Å². The average Bonchev–Trinajstić information content (AvgIpc) is 2.52. The SMILES string of the molecule is COCc1ccc(C([N+](=O)[O-])S(=O)O)s1. The maximum atomic E-state index is 10.8. The minimum absolute atomic E-state index is 0.257. The van der Waals surface area contributed by atoms with Crippen molar-refractivity contribution in [3.63, 3.8) is 0 Å².